The molecule has 0 aliphatic carbocycles. The van der Waals surface area contributed by atoms with Crippen molar-refractivity contribution in [2.24, 2.45) is 0 Å². The normalized spacial score (nSPS) is 13.7. The molecule has 0 saturated heterocycles. The van der Waals surface area contributed by atoms with Crippen LogP contribution in [0, 0.1) is 0 Å². The number of fused-ring (bicyclic) bond motifs is 2. The van der Waals surface area contributed by atoms with Gasteiger partial charge in [0.25, 0.3) is 0 Å². The Labute approximate surface area is 244 Å². The number of hydrogen-bond acceptors (Lipinski definition) is 8. The Morgan fingerprint density at radius 2 is 1.66 bits per heavy atom. The number of anilines is 3. The standard InChI is InChI=1S/C32H32N6O2S/c1-22(23-8-4-3-5-9-23)33-24-12-18-31-29(20-24)37(28-10-6-7-11-30(28)41-31)21-26(39)15-19-32-34-36-38(35-32)25-13-16-27(40-2)17-14-25/h3-14,16-18,20,22,26,33,39H,15,19,21H2,1-2H3/t22-,26?/m1/s1. The molecule has 208 valence electrons. The molecule has 1 unspecified atom stereocenters. The molecular weight excluding hydrogens is 532 g/mol. The highest BCUT2D eigenvalue weighted by Gasteiger charge is 2.26. The zero-order valence-electron chi connectivity index (χ0n) is 23.0. The minimum atomic E-state index is -0.591. The van der Waals surface area contributed by atoms with Gasteiger partial charge in [-0.1, -0.05) is 54.2 Å². The summed E-state index contributed by atoms with van der Waals surface area (Å²) in [5.74, 6) is 1.36. The second-order valence-electron chi connectivity index (χ2n) is 10.0. The van der Waals surface area contributed by atoms with Gasteiger partial charge in [0.2, 0.25) is 0 Å². The molecule has 0 spiro atoms. The predicted octanol–water partition coefficient (Wildman–Crippen LogP) is 6.44. The number of aliphatic hydroxyl groups is 1. The summed E-state index contributed by atoms with van der Waals surface area (Å²) in [5, 5.41) is 27.7. The lowest BCUT2D eigenvalue weighted by Gasteiger charge is -2.34. The zero-order valence-corrected chi connectivity index (χ0v) is 23.8. The van der Waals surface area contributed by atoms with E-state index in [0.29, 0.717) is 25.2 Å². The summed E-state index contributed by atoms with van der Waals surface area (Å²) in [6, 6.07) is 32.9. The molecule has 0 amide bonds. The lowest BCUT2D eigenvalue weighted by molar-refractivity contribution is 0.172. The molecule has 9 heteroatoms. The number of nitrogens with zero attached hydrogens (tertiary/aromatic N) is 5. The minimum Gasteiger partial charge on any atom is -0.497 e. The third-order valence-corrected chi connectivity index (χ3v) is 8.29. The number of aliphatic hydroxyl groups excluding tert-OH is 1. The molecule has 1 aliphatic heterocycles. The second kappa shape index (κ2) is 12.0. The lowest BCUT2D eigenvalue weighted by Crippen LogP contribution is -2.31. The fourth-order valence-electron chi connectivity index (χ4n) is 4.96. The molecule has 4 aromatic carbocycles. The van der Waals surface area contributed by atoms with Gasteiger partial charge < -0.3 is 20.1 Å². The lowest BCUT2D eigenvalue weighted by atomic mass is 10.1. The summed E-state index contributed by atoms with van der Waals surface area (Å²) >= 11 is 1.76. The van der Waals surface area contributed by atoms with Crippen LogP contribution in [0.2, 0.25) is 0 Å². The van der Waals surface area contributed by atoms with Crippen molar-refractivity contribution in [1.29, 1.82) is 0 Å². The summed E-state index contributed by atoms with van der Waals surface area (Å²) in [6.45, 7) is 2.62. The van der Waals surface area contributed by atoms with Gasteiger partial charge in [0.1, 0.15) is 5.75 Å². The van der Waals surface area contributed by atoms with E-state index < -0.39 is 6.10 Å². The topological polar surface area (TPSA) is 88.3 Å². The number of para-hydroxylation sites is 1. The first-order valence-electron chi connectivity index (χ1n) is 13.7. The summed E-state index contributed by atoms with van der Waals surface area (Å²) < 4.78 is 5.22. The first-order chi connectivity index (χ1) is 20.1. The number of methoxy groups -OCH3 is 1. The molecule has 0 radical (unpaired) electrons. The molecule has 6 rings (SSSR count). The smallest absolute Gasteiger partial charge is 0.175 e. The van der Waals surface area contributed by atoms with Crippen LogP contribution in [0.4, 0.5) is 17.1 Å². The maximum atomic E-state index is 11.2. The van der Waals surface area contributed by atoms with Crippen molar-refractivity contribution in [3.05, 3.63) is 108 Å². The third kappa shape index (κ3) is 6.06. The van der Waals surface area contributed by atoms with Gasteiger partial charge in [0, 0.05) is 34.5 Å². The summed E-state index contributed by atoms with van der Waals surface area (Å²) in [4.78, 5) is 6.07. The highest BCUT2D eigenvalue weighted by molar-refractivity contribution is 7.99. The number of β-amino-alcohol motifs (C(OH)–C–C–N with tert-alkyl or cyclic N) is 1. The zero-order chi connectivity index (χ0) is 28.2. The third-order valence-electron chi connectivity index (χ3n) is 7.16. The molecule has 1 aliphatic rings. The molecule has 2 N–H and O–H groups in total. The van der Waals surface area contributed by atoms with E-state index in [9.17, 15) is 5.11 Å². The van der Waals surface area contributed by atoms with E-state index in [1.807, 2.05) is 36.4 Å². The minimum absolute atomic E-state index is 0.163. The summed E-state index contributed by atoms with van der Waals surface area (Å²) in [6.07, 6.45) is 0.440. The number of rotatable bonds is 10. The van der Waals surface area contributed by atoms with Gasteiger partial charge in [-0.3, -0.25) is 0 Å². The molecule has 0 fully saturated rings. The van der Waals surface area contributed by atoms with E-state index in [1.165, 1.54) is 15.3 Å². The largest absolute Gasteiger partial charge is 0.497 e. The van der Waals surface area contributed by atoms with Crippen LogP contribution in [0.5, 0.6) is 5.75 Å². The SMILES string of the molecule is COc1ccc(-n2nnc(CCC(O)CN3c4ccccc4Sc4ccc(N[C@H](C)c5ccccc5)cc43)n2)cc1. The van der Waals surface area contributed by atoms with Crippen LogP contribution in [0.3, 0.4) is 0 Å². The number of nitrogens with one attached hydrogen (secondary N) is 1. The number of benzene rings is 4. The summed E-state index contributed by atoms with van der Waals surface area (Å²) in [7, 11) is 1.63. The van der Waals surface area contributed by atoms with Gasteiger partial charge in [-0.2, -0.15) is 0 Å². The van der Waals surface area contributed by atoms with Crippen molar-refractivity contribution in [2.45, 2.75) is 41.7 Å². The van der Waals surface area contributed by atoms with E-state index in [2.05, 4.69) is 93.2 Å². The van der Waals surface area contributed by atoms with Gasteiger partial charge in [-0.15, -0.1) is 15.0 Å². The Morgan fingerprint density at radius 3 is 2.46 bits per heavy atom. The van der Waals surface area contributed by atoms with Crippen LogP contribution < -0.4 is 15.0 Å². The first kappa shape index (κ1) is 26.9. The molecular formula is C32H32N6O2S. The molecule has 0 bridgehead atoms. The van der Waals surface area contributed by atoms with Crippen LogP contribution in [0.1, 0.15) is 30.8 Å². The highest BCUT2D eigenvalue weighted by atomic mass is 32.2. The molecule has 5 aromatic rings. The van der Waals surface area contributed by atoms with E-state index in [1.54, 1.807) is 18.9 Å². The van der Waals surface area contributed by atoms with Crippen molar-refractivity contribution in [1.82, 2.24) is 20.2 Å². The van der Waals surface area contributed by atoms with Gasteiger partial charge in [0.05, 0.1) is 30.3 Å². The maximum Gasteiger partial charge on any atom is 0.175 e. The van der Waals surface area contributed by atoms with Crippen LogP contribution in [0.25, 0.3) is 5.69 Å². The number of ether oxygens (including phenoxy) is 1. The van der Waals surface area contributed by atoms with Crippen LogP contribution in [-0.4, -0.2) is 45.1 Å². The fraction of sp³-hybridized carbons (Fsp3) is 0.219. The predicted molar refractivity (Wildman–Crippen MR) is 163 cm³/mol. The molecule has 8 nitrogen and oxygen atoms in total. The van der Waals surface area contributed by atoms with Gasteiger partial charge in [-0.25, -0.2) is 0 Å². The van der Waals surface area contributed by atoms with Crippen LogP contribution >= 0.6 is 11.8 Å². The van der Waals surface area contributed by atoms with E-state index in [-0.39, 0.29) is 6.04 Å². The number of hydrogen-bond donors (Lipinski definition) is 2. The monoisotopic (exact) mass is 564 g/mol. The first-order valence-corrected chi connectivity index (χ1v) is 14.5. The Hall–Kier alpha value is -4.34. The molecule has 1 aromatic heterocycles. The van der Waals surface area contributed by atoms with Crippen molar-refractivity contribution in [3.63, 3.8) is 0 Å². The molecule has 2 heterocycles. The molecule has 0 saturated carbocycles. The highest BCUT2D eigenvalue weighted by Crippen LogP contribution is 2.49. The van der Waals surface area contributed by atoms with E-state index in [4.69, 9.17) is 4.74 Å². The number of aromatic nitrogens is 4. The van der Waals surface area contributed by atoms with Crippen molar-refractivity contribution in [3.8, 4) is 11.4 Å². The van der Waals surface area contributed by atoms with Crippen molar-refractivity contribution >= 4 is 28.8 Å². The van der Waals surface area contributed by atoms with Crippen molar-refractivity contribution in [2.75, 3.05) is 23.9 Å². The fourth-order valence-corrected chi connectivity index (χ4v) is 6.03. The Balaban J connectivity index is 1.17. The molecule has 2 atom stereocenters. The van der Waals surface area contributed by atoms with Crippen LogP contribution in [0.15, 0.2) is 107 Å². The van der Waals surface area contributed by atoms with Crippen LogP contribution in [-0.2, 0) is 6.42 Å². The van der Waals surface area contributed by atoms with Gasteiger partial charge >= 0.3 is 0 Å². The van der Waals surface area contributed by atoms with E-state index in [0.717, 1.165) is 33.4 Å². The second-order valence-corrected chi connectivity index (χ2v) is 11.1. The average molecular weight is 565 g/mol. The Bertz CT molecular complexity index is 1610. The average Bonchev–Trinajstić information content (AvgIpc) is 3.50. The quantitative estimate of drug-likeness (QED) is 0.200. The number of tetrazole rings is 1. The summed E-state index contributed by atoms with van der Waals surface area (Å²) in [5.41, 5.74) is 5.26. The Morgan fingerprint density at radius 1 is 0.902 bits per heavy atom. The van der Waals surface area contributed by atoms with E-state index >= 15 is 0 Å². The maximum absolute atomic E-state index is 11.2. The van der Waals surface area contributed by atoms with Gasteiger partial charge in [-0.05, 0) is 78.7 Å². The van der Waals surface area contributed by atoms with Gasteiger partial charge in [0.15, 0.2) is 5.82 Å². The number of aryl methyl sites for hydroxylation is 1. The molecule has 41 heavy (non-hydrogen) atoms. The van der Waals surface area contributed by atoms with Crippen molar-refractivity contribution < 1.29 is 9.84 Å². The Kier molecular flexibility index (Phi) is 7.89.